The average Bonchev–Trinajstić information content (AvgIpc) is 3.08. The third-order valence-corrected chi connectivity index (χ3v) is 11.2. The lowest BCUT2D eigenvalue weighted by atomic mass is 9.65. The first-order valence-electron chi connectivity index (χ1n) is 20.2. The van der Waals surface area contributed by atoms with E-state index >= 15 is 0 Å². The van der Waals surface area contributed by atoms with Crippen molar-refractivity contribution in [2.75, 3.05) is 13.2 Å². The number of phenolic OH excluding ortho intramolecular Hbond substituents is 4. The first-order chi connectivity index (χ1) is 26.5. The van der Waals surface area contributed by atoms with Crippen molar-refractivity contribution in [2.24, 2.45) is 0 Å². The molecule has 0 bridgehead atoms. The summed E-state index contributed by atoms with van der Waals surface area (Å²) < 4.78 is 11.6. The van der Waals surface area contributed by atoms with Gasteiger partial charge in [-0.1, -0.05) is 121 Å². The first-order valence-corrected chi connectivity index (χ1v) is 20.2. The van der Waals surface area contributed by atoms with E-state index in [2.05, 4.69) is 83.1 Å². The van der Waals surface area contributed by atoms with Crippen molar-refractivity contribution in [1.29, 1.82) is 0 Å². The van der Waals surface area contributed by atoms with Crippen LogP contribution in [-0.4, -0.2) is 45.6 Å². The van der Waals surface area contributed by atoms with Crippen LogP contribution in [0, 0.1) is 0 Å². The summed E-state index contributed by atoms with van der Waals surface area (Å²) in [5.74, 6) is -0.502. The van der Waals surface area contributed by atoms with Crippen molar-refractivity contribution in [1.82, 2.24) is 0 Å². The van der Waals surface area contributed by atoms with E-state index in [1.165, 1.54) is 0 Å². The van der Waals surface area contributed by atoms with Gasteiger partial charge >= 0.3 is 11.9 Å². The van der Waals surface area contributed by atoms with Gasteiger partial charge in [0.05, 0.1) is 12.8 Å². The molecule has 0 aliphatic carbocycles. The van der Waals surface area contributed by atoms with Crippen LogP contribution in [-0.2, 0) is 51.6 Å². The minimum absolute atomic E-state index is 0.0619. The van der Waals surface area contributed by atoms with Crippen LogP contribution >= 0.6 is 0 Å². The largest absolute Gasteiger partial charge is 0.508 e. The zero-order chi connectivity index (χ0) is 43.8. The van der Waals surface area contributed by atoms with Gasteiger partial charge in [0, 0.05) is 10.8 Å². The van der Waals surface area contributed by atoms with Gasteiger partial charge in [-0.15, -0.1) is 0 Å². The van der Waals surface area contributed by atoms with E-state index < -0.39 is 22.8 Å². The lowest BCUT2D eigenvalue weighted by molar-refractivity contribution is -0.153. The summed E-state index contributed by atoms with van der Waals surface area (Å²) in [6.07, 6.45) is -0.124. The monoisotopic (exact) mass is 794 g/mol. The number of ether oxygens (including phenoxy) is 2. The van der Waals surface area contributed by atoms with E-state index in [9.17, 15) is 30.0 Å². The number of hydrogen-bond donors (Lipinski definition) is 4. The Kier molecular flexibility index (Phi) is 12.9. The standard InChI is InChI=1S/C50H66O8/c1-45(2,3)39-25-31(51)15-19-35(39)49(13,36-20-16-32(52)26-40(36)46(4,5)6)29-43(55)57-23-24-58-44(56)30-50(14,37-21-17-33(53)27-41(37)47(7,8)9)38-22-18-34(54)28-42(38)48(10,11)12/h15-22,25-28,51-54H,23-24,29-30H2,1-14H3. The Balaban J connectivity index is 1.65. The fraction of sp³-hybridized carbons (Fsp3) is 0.480. The molecule has 0 saturated carbocycles. The minimum Gasteiger partial charge on any atom is -0.508 e. The SMILES string of the molecule is CC(C)(C)c1cc(O)ccc1C(C)(CC(=O)OCCOC(=O)CC(C)(c1ccc(O)cc1C(C)(C)C)c1ccc(O)cc1C(C)(C)C)c1ccc(O)cc1C(C)(C)C. The number of aromatic hydroxyl groups is 4. The molecule has 0 radical (unpaired) electrons. The molecule has 58 heavy (non-hydrogen) atoms. The van der Waals surface area contributed by atoms with Gasteiger partial charge in [-0.2, -0.15) is 0 Å². The van der Waals surface area contributed by atoms with Crippen LogP contribution in [0.1, 0.15) is 154 Å². The van der Waals surface area contributed by atoms with Gasteiger partial charge in [-0.3, -0.25) is 9.59 Å². The Morgan fingerprint density at radius 3 is 0.776 bits per heavy atom. The van der Waals surface area contributed by atoms with E-state index in [4.69, 9.17) is 9.47 Å². The van der Waals surface area contributed by atoms with E-state index in [1.807, 2.05) is 38.1 Å². The topological polar surface area (TPSA) is 134 Å². The van der Waals surface area contributed by atoms with Crippen molar-refractivity contribution in [2.45, 2.75) is 142 Å². The quantitative estimate of drug-likeness (QED) is 0.0871. The molecule has 0 aromatic heterocycles. The van der Waals surface area contributed by atoms with Crippen LogP contribution in [0.25, 0.3) is 0 Å². The molecule has 8 nitrogen and oxygen atoms in total. The molecule has 0 spiro atoms. The molecule has 8 heteroatoms. The number of esters is 2. The summed E-state index contributed by atoms with van der Waals surface area (Å²) in [5, 5.41) is 42.2. The van der Waals surface area contributed by atoms with Gasteiger partial charge in [0.25, 0.3) is 0 Å². The maximum Gasteiger partial charge on any atom is 0.307 e. The van der Waals surface area contributed by atoms with Crippen LogP contribution in [0.2, 0.25) is 0 Å². The average molecular weight is 795 g/mol. The Labute approximate surface area is 346 Å². The highest BCUT2D eigenvalue weighted by molar-refractivity contribution is 5.75. The number of rotatable bonds is 11. The summed E-state index contributed by atoms with van der Waals surface area (Å²) in [5.41, 5.74) is 3.48. The highest BCUT2D eigenvalue weighted by atomic mass is 16.6. The molecule has 4 aromatic rings. The summed E-state index contributed by atoms with van der Waals surface area (Å²) in [6, 6.07) is 20.9. The lowest BCUT2D eigenvalue weighted by Crippen LogP contribution is -2.35. The Bertz CT molecular complexity index is 1850. The molecule has 4 aromatic carbocycles. The van der Waals surface area contributed by atoms with Crippen molar-refractivity contribution >= 4 is 11.9 Å². The molecule has 0 aliphatic heterocycles. The molecule has 0 atom stereocenters. The lowest BCUT2D eigenvalue weighted by Gasteiger charge is -2.39. The maximum atomic E-state index is 13.9. The van der Waals surface area contributed by atoms with Gasteiger partial charge in [0.2, 0.25) is 0 Å². The van der Waals surface area contributed by atoms with Gasteiger partial charge in [-0.05, 0) is 115 Å². The molecule has 0 aliphatic rings. The van der Waals surface area contributed by atoms with Crippen molar-refractivity contribution in [3.63, 3.8) is 0 Å². The van der Waals surface area contributed by atoms with Crippen molar-refractivity contribution in [3.05, 3.63) is 117 Å². The summed E-state index contributed by atoms with van der Waals surface area (Å²) in [7, 11) is 0. The van der Waals surface area contributed by atoms with Crippen LogP contribution in [0.4, 0.5) is 0 Å². The highest BCUT2D eigenvalue weighted by Crippen LogP contribution is 2.48. The van der Waals surface area contributed by atoms with Gasteiger partial charge < -0.3 is 29.9 Å². The Hall–Kier alpha value is -4.98. The second kappa shape index (κ2) is 16.3. The van der Waals surface area contributed by atoms with Crippen molar-refractivity contribution < 1.29 is 39.5 Å². The normalized spacial score (nSPS) is 13.0. The molecule has 0 amide bonds. The molecule has 4 N–H and O–H groups in total. The van der Waals surface area contributed by atoms with Gasteiger partial charge in [0.15, 0.2) is 0 Å². The zero-order valence-electron chi connectivity index (χ0n) is 37.2. The molecule has 314 valence electrons. The van der Waals surface area contributed by atoms with E-state index in [0.717, 1.165) is 44.5 Å². The third-order valence-electron chi connectivity index (χ3n) is 11.2. The summed E-state index contributed by atoms with van der Waals surface area (Å²) >= 11 is 0. The molecule has 0 heterocycles. The zero-order valence-corrected chi connectivity index (χ0v) is 37.2. The maximum absolute atomic E-state index is 13.9. The first kappa shape index (κ1) is 45.7. The third kappa shape index (κ3) is 10.2. The molecule has 0 saturated heterocycles. The predicted molar refractivity (Wildman–Crippen MR) is 231 cm³/mol. The number of hydrogen-bond acceptors (Lipinski definition) is 8. The van der Waals surface area contributed by atoms with E-state index in [1.54, 1.807) is 48.5 Å². The van der Waals surface area contributed by atoms with Gasteiger partial charge in [-0.25, -0.2) is 0 Å². The fourth-order valence-electron chi connectivity index (χ4n) is 8.20. The van der Waals surface area contributed by atoms with Crippen LogP contribution in [0.15, 0.2) is 72.8 Å². The number of carbonyl (C=O) groups excluding carboxylic acids is 2. The summed E-state index contributed by atoms with van der Waals surface area (Å²) in [6.45, 7) is 28.3. The molecule has 0 fully saturated rings. The molecule has 0 unspecified atom stereocenters. The Morgan fingerprint density at radius 2 is 0.586 bits per heavy atom. The predicted octanol–water partition coefficient (Wildman–Crippen LogP) is 10.9. The second-order valence-corrected chi connectivity index (χ2v) is 20.4. The number of phenols is 4. The minimum atomic E-state index is -0.939. The second-order valence-electron chi connectivity index (χ2n) is 20.4. The van der Waals surface area contributed by atoms with Crippen LogP contribution in [0.3, 0.4) is 0 Å². The van der Waals surface area contributed by atoms with E-state index in [0.29, 0.717) is 0 Å². The van der Waals surface area contributed by atoms with Crippen molar-refractivity contribution in [3.8, 4) is 23.0 Å². The molecular weight excluding hydrogens is 729 g/mol. The summed E-state index contributed by atoms with van der Waals surface area (Å²) in [4.78, 5) is 27.8. The Morgan fingerprint density at radius 1 is 0.379 bits per heavy atom. The van der Waals surface area contributed by atoms with Crippen LogP contribution in [0.5, 0.6) is 23.0 Å². The molecule has 4 rings (SSSR count). The fourth-order valence-corrected chi connectivity index (χ4v) is 8.20. The van der Waals surface area contributed by atoms with E-state index in [-0.39, 0.29) is 70.7 Å². The number of benzene rings is 4. The van der Waals surface area contributed by atoms with Crippen LogP contribution < -0.4 is 0 Å². The number of carbonyl (C=O) groups is 2. The molecular formula is C50H66O8. The smallest absolute Gasteiger partial charge is 0.307 e. The highest BCUT2D eigenvalue weighted by Gasteiger charge is 2.42. The van der Waals surface area contributed by atoms with Gasteiger partial charge in [0.1, 0.15) is 36.2 Å².